The van der Waals surface area contributed by atoms with Crippen LogP contribution in [0.4, 0.5) is 6.01 Å². The van der Waals surface area contributed by atoms with E-state index in [0.29, 0.717) is 30.2 Å². The molecule has 0 fully saturated rings. The van der Waals surface area contributed by atoms with Crippen molar-refractivity contribution in [3.8, 4) is 0 Å². The van der Waals surface area contributed by atoms with Gasteiger partial charge in [0.2, 0.25) is 11.8 Å². The summed E-state index contributed by atoms with van der Waals surface area (Å²) in [5, 5.41) is 17.7. The molecule has 2 rings (SSSR count). The average Bonchev–Trinajstić information content (AvgIpc) is 2.95. The minimum Gasteiger partial charge on any atom is -0.406 e. The number of anilines is 1. The predicted octanol–water partition coefficient (Wildman–Crippen LogP) is 1.04. The Balaban J connectivity index is 1.90. The van der Waals surface area contributed by atoms with Gasteiger partial charge in [-0.3, -0.25) is 0 Å². The van der Waals surface area contributed by atoms with E-state index < -0.39 is 0 Å². The molecule has 2 aromatic rings. The first-order chi connectivity index (χ1) is 8.69. The number of nitrogens with one attached hydrogen (secondary N) is 2. The summed E-state index contributed by atoms with van der Waals surface area (Å²) in [4.78, 5) is 4.05. The lowest BCUT2D eigenvalue weighted by molar-refractivity contribution is 0.387. The monoisotopic (exact) mass is 252 g/mol. The van der Waals surface area contributed by atoms with Gasteiger partial charge >= 0.3 is 6.01 Å². The zero-order chi connectivity index (χ0) is 13.0. The normalized spacial score (nSPS) is 12.6. The molecule has 0 amide bonds. The molecule has 0 radical (unpaired) electrons. The molecule has 2 N–H and O–H groups in total. The molecule has 1 atom stereocenters. The fourth-order valence-electron chi connectivity index (χ4n) is 1.44. The molecule has 98 valence electrons. The number of rotatable bonds is 6. The quantitative estimate of drug-likeness (QED) is 0.786. The molecule has 0 bridgehead atoms. The van der Waals surface area contributed by atoms with Crippen LogP contribution in [-0.2, 0) is 6.54 Å². The Labute approximate surface area is 104 Å². The van der Waals surface area contributed by atoms with Crippen molar-refractivity contribution in [2.75, 3.05) is 11.9 Å². The third-order valence-electron chi connectivity index (χ3n) is 2.29. The molecule has 0 aliphatic rings. The van der Waals surface area contributed by atoms with Gasteiger partial charge in [0.1, 0.15) is 0 Å². The first-order valence-corrected chi connectivity index (χ1v) is 5.79. The molecule has 0 spiro atoms. The SMILES string of the molecule is CCNC(C)c1nnc(NCc2noc(C)n2)o1. The second kappa shape index (κ2) is 5.58. The molecular formula is C10H16N6O2. The molecular weight excluding hydrogens is 236 g/mol. The van der Waals surface area contributed by atoms with Gasteiger partial charge in [-0.25, -0.2) is 0 Å². The highest BCUT2D eigenvalue weighted by Gasteiger charge is 2.13. The van der Waals surface area contributed by atoms with Gasteiger partial charge in [-0.2, -0.15) is 4.98 Å². The summed E-state index contributed by atoms with van der Waals surface area (Å²) in [5.74, 6) is 1.62. The summed E-state index contributed by atoms with van der Waals surface area (Å²) in [7, 11) is 0. The lowest BCUT2D eigenvalue weighted by atomic mass is 10.3. The van der Waals surface area contributed by atoms with Crippen LogP contribution in [-0.4, -0.2) is 26.9 Å². The first kappa shape index (κ1) is 12.5. The van der Waals surface area contributed by atoms with E-state index in [1.54, 1.807) is 6.92 Å². The van der Waals surface area contributed by atoms with E-state index in [1.165, 1.54) is 0 Å². The Kier molecular flexibility index (Phi) is 3.88. The zero-order valence-electron chi connectivity index (χ0n) is 10.6. The lowest BCUT2D eigenvalue weighted by Crippen LogP contribution is -2.17. The minimum absolute atomic E-state index is 0.0328. The van der Waals surface area contributed by atoms with Gasteiger partial charge in [0.15, 0.2) is 5.82 Å². The number of aromatic nitrogens is 4. The molecule has 0 aromatic carbocycles. The highest BCUT2D eigenvalue weighted by atomic mass is 16.5. The number of hydrogen-bond donors (Lipinski definition) is 2. The van der Waals surface area contributed by atoms with Crippen molar-refractivity contribution < 1.29 is 8.94 Å². The summed E-state index contributed by atoms with van der Waals surface area (Å²) in [6.45, 7) is 6.94. The summed E-state index contributed by atoms with van der Waals surface area (Å²) >= 11 is 0. The van der Waals surface area contributed by atoms with Crippen LogP contribution in [0.1, 0.15) is 37.5 Å². The molecule has 2 aromatic heterocycles. The van der Waals surface area contributed by atoms with Crippen LogP contribution >= 0.6 is 0 Å². The molecule has 1 unspecified atom stereocenters. The summed E-state index contributed by atoms with van der Waals surface area (Å²) in [6.07, 6.45) is 0. The maximum absolute atomic E-state index is 5.44. The zero-order valence-corrected chi connectivity index (χ0v) is 10.6. The van der Waals surface area contributed by atoms with E-state index in [4.69, 9.17) is 8.94 Å². The summed E-state index contributed by atoms with van der Waals surface area (Å²) in [5.41, 5.74) is 0. The summed E-state index contributed by atoms with van der Waals surface area (Å²) < 4.78 is 10.3. The van der Waals surface area contributed by atoms with Gasteiger partial charge in [-0.05, 0) is 13.5 Å². The maximum Gasteiger partial charge on any atom is 0.315 e. The fraction of sp³-hybridized carbons (Fsp3) is 0.600. The predicted molar refractivity (Wildman–Crippen MR) is 62.8 cm³/mol. The molecule has 8 heteroatoms. The Morgan fingerprint density at radius 1 is 1.33 bits per heavy atom. The topological polar surface area (TPSA) is 102 Å². The second-order valence-corrected chi connectivity index (χ2v) is 3.81. The number of nitrogens with zero attached hydrogens (tertiary/aromatic N) is 4. The van der Waals surface area contributed by atoms with E-state index in [9.17, 15) is 0 Å². The minimum atomic E-state index is 0.0328. The van der Waals surface area contributed by atoms with Crippen molar-refractivity contribution in [1.29, 1.82) is 0 Å². The fourth-order valence-corrected chi connectivity index (χ4v) is 1.44. The van der Waals surface area contributed by atoms with Crippen molar-refractivity contribution in [3.05, 3.63) is 17.6 Å². The Hall–Kier alpha value is -1.96. The molecule has 0 saturated heterocycles. The van der Waals surface area contributed by atoms with E-state index in [-0.39, 0.29) is 6.04 Å². The van der Waals surface area contributed by atoms with Crippen LogP contribution in [0.15, 0.2) is 8.94 Å². The Bertz CT molecular complexity index is 494. The maximum atomic E-state index is 5.44. The van der Waals surface area contributed by atoms with Crippen molar-refractivity contribution in [1.82, 2.24) is 25.7 Å². The third-order valence-corrected chi connectivity index (χ3v) is 2.29. The van der Waals surface area contributed by atoms with Gasteiger partial charge in [0.25, 0.3) is 0 Å². The van der Waals surface area contributed by atoms with Crippen molar-refractivity contribution >= 4 is 6.01 Å². The van der Waals surface area contributed by atoms with E-state index >= 15 is 0 Å². The first-order valence-electron chi connectivity index (χ1n) is 5.79. The van der Waals surface area contributed by atoms with E-state index in [1.807, 2.05) is 13.8 Å². The summed E-state index contributed by atoms with van der Waals surface area (Å²) in [6, 6.07) is 0.377. The van der Waals surface area contributed by atoms with Gasteiger partial charge in [-0.1, -0.05) is 17.2 Å². The van der Waals surface area contributed by atoms with Crippen molar-refractivity contribution in [2.45, 2.75) is 33.4 Å². The highest BCUT2D eigenvalue weighted by Crippen LogP contribution is 2.13. The highest BCUT2D eigenvalue weighted by molar-refractivity contribution is 5.18. The molecule has 0 aliphatic heterocycles. The van der Waals surface area contributed by atoms with Gasteiger partial charge in [0.05, 0.1) is 12.6 Å². The molecule has 18 heavy (non-hydrogen) atoms. The number of hydrogen-bond acceptors (Lipinski definition) is 8. The molecule has 0 saturated carbocycles. The van der Waals surface area contributed by atoms with Crippen LogP contribution in [0, 0.1) is 6.92 Å². The van der Waals surface area contributed by atoms with Crippen LogP contribution in [0.2, 0.25) is 0 Å². The van der Waals surface area contributed by atoms with E-state index in [2.05, 4.69) is 31.0 Å². The molecule has 0 aliphatic carbocycles. The van der Waals surface area contributed by atoms with Gasteiger partial charge < -0.3 is 19.6 Å². The smallest absolute Gasteiger partial charge is 0.315 e. The Morgan fingerprint density at radius 3 is 2.83 bits per heavy atom. The average molecular weight is 252 g/mol. The van der Waals surface area contributed by atoms with Crippen LogP contribution in [0.25, 0.3) is 0 Å². The molecule has 8 nitrogen and oxygen atoms in total. The van der Waals surface area contributed by atoms with Crippen LogP contribution in [0.5, 0.6) is 0 Å². The third kappa shape index (κ3) is 3.04. The van der Waals surface area contributed by atoms with E-state index in [0.717, 1.165) is 6.54 Å². The molecule has 2 heterocycles. The standard InChI is InChI=1S/C10H16N6O2/c1-4-11-6(2)9-14-15-10(17-9)12-5-8-13-7(3)18-16-8/h6,11H,4-5H2,1-3H3,(H,12,15). The van der Waals surface area contributed by atoms with Gasteiger partial charge in [-0.15, -0.1) is 5.10 Å². The van der Waals surface area contributed by atoms with Crippen LogP contribution in [0.3, 0.4) is 0 Å². The van der Waals surface area contributed by atoms with Crippen LogP contribution < -0.4 is 10.6 Å². The van der Waals surface area contributed by atoms with Crippen molar-refractivity contribution in [2.24, 2.45) is 0 Å². The number of aryl methyl sites for hydroxylation is 1. The van der Waals surface area contributed by atoms with Gasteiger partial charge in [0, 0.05) is 6.92 Å². The van der Waals surface area contributed by atoms with Crippen molar-refractivity contribution in [3.63, 3.8) is 0 Å². The largest absolute Gasteiger partial charge is 0.406 e. The Morgan fingerprint density at radius 2 is 2.17 bits per heavy atom. The second-order valence-electron chi connectivity index (χ2n) is 3.81. The lowest BCUT2D eigenvalue weighted by Gasteiger charge is -2.05.